The first-order valence-electron chi connectivity index (χ1n) is 11.4. The molecule has 0 bridgehead atoms. The van der Waals surface area contributed by atoms with E-state index in [-0.39, 0.29) is 0 Å². The number of hydrogen-bond donors (Lipinski definition) is 0. The summed E-state index contributed by atoms with van der Waals surface area (Å²) >= 11 is 2.55. The van der Waals surface area contributed by atoms with E-state index in [0.29, 0.717) is 0 Å². The Labute approximate surface area is 205 Å². The third-order valence-electron chi connectivity index (χ3n) is 5.08. The molecule has 164 valence electrons. The molecule has 0 aliphatic heterocycles. The molecule has 1 fully saturated rings. The van der Waals surface area contributed by atoms with Crippen molar-refractivity contribution in [3.05, 3.63) is 104 Å². The van der Waals surface area contributed by atoms with E-state index < -0.39 is 7.92 Å². The van der Waals surface area contributed by atoms with Gasteiger partial charge in [-0.3, -0.25) is 0 Å². The maximum atomic E-state index is 3.81. The molecule has 3 aromatic rings. The van der Waals surface area contributed by atoms with Gasteiger partial charge in [-0.25, -0.2) is 0 Å². The van der Waals surface area contributed by atoms with Crippen LogP contribution in [0.5, 0.6) is 0 Å². The highest BCUT2D eigenvalue weighted by Gasteiger charge is 2.16. The number of halogens is 1. The maximum absolute atomic E-state index is 3.81. The molecule has 31 heavy (non-hydrogen) atoms. The third-order valence-corrected chi connectivity index (χ3v) is 8.77. The van der Waals surface area contributed by atoms with Crippen molar-refractivity contribution in [3.63, 3.8) is 0 Å². The van der Waals surface area contributed by atoms with Crippen LogP contribution in [0.2, 0.25) is 0 Å². The molecule has 0 saturated heterocycles. The number of alkyl halides is 1. The molecule has 1 aliphatic rings. The molecule has 4 rings (SSSR count). The smallest absolute Gasteiger partial charge is 0.0110 e. The summed E-state index contributed by atoms with van der Waals surface area (Å²) in [4.78, 5) is 0. The summed E-state index contributed by atoms with van der Waals surface area (Å²) in [5.74, 6) is 0.830. The zero-order chi connectivity index (χ0) is 22.3. The Morgan fingerprint density at radius 1 is 0.710 bits per heavy atom. The molecule has 1 saturated carbocycles. The summed E-state index contributed by atoms with van der Waals surface area (Å²) < 4.78 is 0.943. The van der Waals surface area contributed by atoms with E-state index in [1.165, 1.54) is 48.0 Å². The Kier molecular flexibility index (Phi) is 12.8. The molecule has 0 spiro atoms. The van der Waals surface area contributed by atoms with Crippen LogP contribution in [-0.4, -0.2) is 3.92 Å². The second-order valence-electron chi connectivity index (χ2n) is 7.80. The van der Waals surface area contributed by atoms with Gasteiger partial charge >= 0.3 is 0 Å². The van der Waals surface area contributed by atoms with Gasteiger partial charge in [0.1, 0.15) is 0 Å². The minimum absolute atomic E-state index is 0.446. The molecular formula is C29H36IP. The summed E-state index contributed by atoms with van der Waals surface area (Å²) in [5.41, 5.74) is 0. The number of rotatable bonds is 4. The Balaban J connectivity index is 0.000000238. The molecule has 0 atom stereocenters. The number of benzene rings is 3. The van der Waals surface area contributed by atoms with E-state index in [9.17, 15) is 0 Å². The predicted molar refractivity (Wildman–Crippen MR) is 151 cm³/mol. The highest BCUT2D eigenvalue weighted by atomic mass is 127. The van der Waals surface area contributed by atoms with Crippen LogP contribution in [0.1, 0.15) is 46.0 Å². The Morgan fingerprint density at radius 2 is 1.03 bits per heavy atom. The molecular weight excluding hydrogens is 506 g/mol. The van der Waals surface area contributed by atoms with Crippen molar-refractivity contribution in [2.45, 2.75) is 49.9 Å². The van der Waals surface area contributed by atoms with Crippen LogP contribution >= 0.6 is 30.5 Å². The third kappa shape index (κ3) is 9.29. The summed E-state index contributed by atoms with van der Waals surface area (Å²) in [7, 11) is -0.446. The highest BCUT2D eigenvalue weighted by molar-refractivity contribution is 14.1. The zero-order valence-electron chi connectivity index (χ0n) is 19.0. The fourth-order valence-corrected chi connectivity index (χ4v) is 6.52. The van der Waals surface area contributed by atoms with Crippen molar-refractivity contribution >= 4 is 46.4 Å². The van der Waals surface area contributed by atoms with Gasteiger partial charge < -0.3 is 0 Å². The Hall–Kier alpha value is -1.44. The van der Waals surface area contributed by atoms with Crippen molar-refractivity contribution < 1.29 is 0 Å². The molecule has 3 aromatic carbocycles. The minimum atomic E-state index is -0.446. The van der Waals surface area contributed by atoms with E-state index in [1.807, 2.05) is 0 Å². The second kappa shape index (κ2) is 15.4. The Bertz CT molecular complexity index is 730. The lowest BCUT2D eigenvalue weighted by Gasteiger charge is -2.21. The highest BCUT2D eigenvalue weighted by Crippen LogP contribution is 2.32. The van der Waals surface area contributed by atoms with Crippen LogP contribution in [-0.2, 0) is 0 Å². The van der Waals surface area contributed by atoms with E-state index >= 15 is 0 Å². The van der Waals surface area contributed by atoms with Crippen molar-refractivity contribution in [2.24, 2.45) is 5.92 Å². The quantitative estimate of drug-likeness (QED) is 0.136. The van der Waals surface area contributed by atoms with Crippen LogP contribution in [0.15, 0.2) is 104 Å². The fraction of sp³-hybridized carbons (Fsp3) is 0.310. The number of hydrogen-bond acceptors (Lipinski definition) is 0. The van der Waals surface area contributed by atoms with Gasteiger partial charge in [0.05, 0.1) is 0 Å². The summed E-state index contributed by atoms with van der Waals surface area (Å²) in [6.45, 7) is 8.06. The lowest BCUT2D eigenvalue weighted by atomic mass is 9.90. The molecule has 0 aromatic heterocycles. The van der Waals surface area contributed by atoms with Crippen LogP contribution in [0, 0.1) is 5.92 Å². The monoisotopic (exact) mass is 542 g/mol. The summed E-state index contributed by atoms with van der Waals surface area (Å²) in [6.07, 6.45) is 8.91. The first-order chi connectivity index (χ1) is 15.2. The van der Waals surface area contributed by atoms with Gasteiger partial charge in [-0.1, -0.05) is 140 Å². The lowest BCUT2D eigenvalue weighted by Crippen LogP contribution is -2.20. The molecule has 0 amide bonds. The largest absolute Gasteiger partial charge is 0.103 e. The van der Waals surface area contributed by atoms with Gasteiger partial charge in [-0.05, 0) is 55.4 Å². The van der Waals surface area contributed by atoms with Crippen molar-refractivity contribution in [2.75, 3.05) is 0 Å². The van der Waals surface area contributed by atoms with E-state index in [2.05, 4.69) is 140 Å². The number of allylic oxidation sites excluding steroid dienone is 1. The van der Waals surface area contributed by atoms with Crippen LogP contribution in [0.4, 0.5) is 0 Å². The Morgan fingerprint density at radius 3 is 1.32 bits per heavy atom. The molecule has 0 N–H and O–H groups in total. The van der Waals surface area contributed by atoms with Crippen molar-refractivity contribution in [3.8, 4) is 0 Å². The first-order valence-corrected chi connectivity index (χ1v) is 14.0. The molecule has 1 aliphatic carbocycles. The first kappa shape index (κ1) is 25.8. The SMILES string of the molecule is C=C[C@H]1CC[C@H](I)CC1.CCC.c1ccc(P(c2ccccc2)c2ccccc2)cc1. The normalized spacial score (nSPS) is 17.5. The van der Waals surface area contributed by atoms with Crippen molar-refractivity contribution in [1.29, 1.82) is 0 Å². The van der Waals surface area contributed by atoms with Gasteiger partial charge in [0, 0.05) is 3.92 Å². The van der Waals surface area contributed by atoms with Gasteiger partial charge in [0.2, 0.25) is 0 Å². The zero-order valence-corrected chi connectivity index (χ0v) is 22.0. The maximum Gasteiger partial charge on any atom is 0.0110 e. The fourth-order valence-electron chi connectivity index (χ4n) is 3.49. The molecule has 0 nitrogen and oxygen atoms in total. The van der Waals surface area contributed by atoms with Crippen LogP contribution < -0.4 is 15.9 Å². The minimum Gasteiger partial charge on any atom is -0.103 e. The second-order valence-corrected chi connectivity index (χ2v) is 11.8. The standard InChI is InChI=1S/C18H15P.C8H13I.C3H8/c1-4-10-16(11-5-1)19(17-12-6-2-7-13-17)18-14-8-3-9-15-18;1-2-7-3-5-8(9)6-4-7;1-3-2/h1-15H;2,7-8H,1,3-6H2;3H2,1-2H3/t;7-,8-;. The van der Waals surface area contributed by atoms with Crippen molar-refractivity contribution in [1.82, 2.24) is 0 Å². The van der Waals surface area contributed by atoms with E-state index in [4.69, 9.17) is 0 Å². The molecule has 0 heterocycles. The lowest BCUT2D eigenvalue weighted by molar-refractivity contribution is 0.437. The average molecular weight is 542 g/mol. The van der Waals surface area contributed by atoms with Crippen LogP contribution in [0.3, 0.4) is 0 Å². The predicted octanol–water partition coefficient (Wildman–Crippen LogP) is 8.03. The summed E-state index contributed by atoms with van der Waals surface area (Å²) in [6, 6.07) is 32.3. The average Bonchev–Trinajstić information content (AvgIpc) is 2.83. The van der Waals surface area contributed by atoms with E-state index in [1.54, 1.807) is 0 Å². The summed E-state index contributed by atoms with van der Waals surface area (Å²) in [5, 5.41) is 4.19. The van der Waals surface area contributed by atoms with Gasteiger partial charge in [0.25, 0.3) is 0 Å². The van der Waals surface area contributed by atoms with Gasteiger partial charge in [-0.15, -0.1) is 6.58 Å². The molecule has 2 heteroatoms. The topological polar surface area (TPSA) is 0 Å². The van der Waals surface area contributed by atoms with Gasteiger partial charge in [-0.2, -0.15) is 0 Å². The van der Waals surface area contributed by atoms with Gasteiger partial charge in [0.15, 0.2) is 0 Å². The molecule has 0 unspecified atom stereocenters. The van der Waals surface area contributed by atoms with E-state index in [0.717, 1.165) is 9.84 Å². The molecule has 0 radical (unpaired) electrons. The van der Waals surface area contributed by atoms with Crippen LogP contribution in [0.25, 0.3) is 0 Å².